The Bertz CT molecular complexity index is 1200. The van der Waals surface area contributed by atoms with Gasteiger partial charge >= 0.3 is 0 Å². The molecule has 0 radical (unpaired) electrons. The number of rotatable bonds is 4. The van der Waals surface area contributed by atoms with Crippen molar-refractivity contribution in [2.24, 2.45) is 11.3 Å². The third kappa shape index (κ3) is 3.46. The van der Waals surface area contributed by atoms with Crippen molar-refractivity contribution in [3.63, 3.8) is 0 Å². The van der Waals surface area contributed by atoms with Gasteiger partial charge in [0.2, 0.25) is 0 Å². The van der Waals surface area contributed by atoms with E-state index in [1.807, 2.05) is 19.9 Å². The maximum atomic E-state index is 12.9. The fourth-order valence-electron chi connectivity index (χ4n) is 4.01. The lowest BCUT2D eigenvalue weighted by molar-refractivity contribution is 0.0951. The first kappa shape index (κ1) is 20.0. The van der Waals surface area contributed by atoms with Crippen LogP contribution in [0.5, 0.6) is 0 Å². The minimum atomic E-state index is -3.19. The first-order chi connectivity index (χ1) is 13.5. The number of nitrogens with one attached hydrogen (secondary N) is 1. The van der Waals surface area contributed by atoms with E-state index in [0.717, 1.165) is 23.1 Å². The van der Waals surface area contributed by atoms with Crippen molar-refractivity contribution in [1.82, 2.24) is 15.5 Å². The fraction of sp³-hybridized carbons (Fsp3) is 0.450. The van der Waals surface area contributed by atoms with Gasteiger partial charge in [-0.15, -0.1) is 16.4 Å². The highest BCUT2D eigenvalue weighted by molar-refractivity contribution is 7.94. The van der Waals surface area contributed by atoms with Gasteiger partial charge in [-0.1, -0.05) is 19.1 Å². The molecule has 2 aromatic heterocycles. The standard InChI is InChI=1S/C20H24N4O3S2/c1-10-11(2)23-24-19-15(10)16(21)17(28-19)18(25)22-14-9-13(14)20(3)7-5-12(6-8-20)29(4,26)27/h5-7,13-14H,8-9,21H2,1-4H3,(H,22,25)/t13-,14-,20?/m1/s1. The van der Waals surface area contributed by atoms with E-state index in [1.165, 1.54) is 17.6 Å². The average molecular weight is 433 g/mol. The summed E-state index contributed by atoms with van der Waals surface area (Å²) in [6.07, 6.45) is 8.15. The molecule has 0 bridgehead atoms. The molecule has 154 valence electrons. The number of thiophene rings is 1. The number of aromatic nitrogens is 2. The Hall–Kier alpha value is -2.26. The molecule has 3 atom stereocenters. The van der Waals surface area contributed by atoms with Crippen LogP contribution >= 0.6 is 11.3 Å². The Kier molecular flexibility index (Phi) is 4.58. The molecule has 1 saturated carbocycles. The van der Waals surface area contributed by atoms with Gasteiger partial charge in [-0.25, -0.2) is 8.42 Å². The second-order valence-electron chi connectivity index (χ2n) is 8.28. The van der Waals surface area contributed by atoms with E-state index < -0.39 is 9.84 Å². The molecule has 2 aromatic rings. The molecule has 0 saturated heterocycles. The van der Waals surface area contributed by atoms with Crippen LogP contribution in [-0.4, -0.2) is 36.8 Å². The minimum Gasteiger partial charge on any atom is -0.397 e. The van der Waals surface area contributed by atoms with Crippen molar-refractivity contribution in [2.75, 3.05) is 12.0 Å². The normalized spacial score (nSPS) is 26.4. The van der Waals surface area contributed by atoms with Gasteiger partial charge in [-0.3, -0.25) is 4.79 Å². The number of anilines is 1. The van der Waals surface area contributed by atoms with Crippen molar-refractivity contribution in [2.45, 2.75) is 39.7 Å². The number of nitrogens with two attached hydrogens (primary N) is 1. The number of sulfone groups is 1. The van der Waals surface area contributed by atoms with E-state index in [-0.39, 0.29) is 23.3 Å². The van der Waals surface area contributed by atoms with Crippen molar-refractivity contribution >= 4 is 43.0 Å². The molecular weight excluding hydrogens is 408 g/mol. The first-order valence-electron chi connectivity index (χ1n) is 9.43. The molecule has 4 rings (SSSR count). The molecule has 29 heavy (non-hydrogen) atoms. The SMILES string of the molecule is Cc1nnc2sc(C(=O)N[C@@H]3C[C@H]3C3(C)C=CC(S(C)(=O)=O)=CC3)c(N)c2c1C. The van der Waals surface area contributed by atoms with Crippen LogP contribution in [0.15, 0.2) is 23.1 Å². The Morgan fingerprint density at radius 2 is 2.07 bits per heavy atom. The molecule has 0 aliphatic heterocycles. The predicted octanol–water partition coefficient (Wildman–Crippen LogP) is 2.90. The van der Waals surface area contributed by atoms with Crippen LogP contribution in [0.3, 0.4) is 0 Å². The molecule has 2 aliphatic rings. The summed E-state index contributed by atoms with van der Waals surface area (Å²) in [5.74, 6) is 0.0743. The number of nitrogen functional groups attached to an aromatic ring is 1. The van der Waals surface area contributed by atoms with Crippen LogP contribution in [0.25, 0.3) is 10.2 Å². The van der Waals surface area contributed by atoms with Gasteiger partial charge in [0.05, 0.1) is 16.3 Å². The van der Waals surface area contributed by atoms with Crippen molar-refractivity contribution in [1.29, 1.82) is 0 Å². The number of carbonyl (C=O) groups excluding carboxylic acids is 1. The second kappa shape index (κ2) is 6.63. The zero-order valence-corrected chi connectivity index (χ0v) is 18.4. The number of carbonyl (C=O) groups is 1. The quantitative estimate of drug-likeness (QED) is 0.768. The van der Waals surface area contributed by atoms with E-state index in [2.05, 4.69) is 22.4 Å². The van der Waals surface area contributed by atoms with Gasteiger partial charge in [0, 0.05) is 17.7 Å². The van der Waals surface area contributed by atoms with Gasteiger partial charge < -0.3 is 11.1 Å². The highest BCUT2D eigenvalue weighted by Crippen LogP contribution is 2.51. The van der Waals surface area contributed by atoms with Crippen LogP contribution in [0.1, 0.15) is 40.7 Å². The third-order valence-electron chi connectivity index (χ3n) is 6.09. The van der Waals surface area contributed by atoms with Gasteiger partial charge in [-0.05, 0) is 49.7 Å². The van der Waals surface area contributed by atoms with Crippen LogP contribution in [-0.2, 0) is 9.84 Å². The van der Waals surface area contributed by atoms with Crippen LogP contribution in [0.2, 0.25) is 0 Å². The summed E-state index contributed by atoms with van der Waals surface area (Å²) in [6, 6.07) is 0.0452. The van der Waals surface area contributed by atoms with E-state index >= 15 is 0 Å². The Labute approximate surface area is 174 Å². The van der Waals surface area contributed by atoms with Crippen molar-refractivity contribution < 1.29 is 13.2 Å². The molecule has 1 unspecified atom stereocenters. The number of amides is 1. The zero-order valence-electron chi connectivity index (χ0n) is 16.8. The Morgan fingerprint density at radius 1 is 1.34 bits per heavy atom. The fourth-order valence-corrected chi connectivity index (χ4v) is 5.71. The second-order valence-corrected chi connectivity index (χ2v) is 11.3. The molecule has 0 spiro atoms. The van der Waals surface area contributed by atoms with Gasteiger partial charge in [0.15, 0.2) is 9.84 Å². The Morgan fingerprint density at radius 3 is 2.69 bits per heavy atom. The highest BCUT2D eigenvalue weighted by Gasteiger charge is 2.50. The van der Waals surface area contributed by atoms with Crippen LogP contribution in [0.4, 0.5) is 5.69 Å². The predicted molar refractivity (Wildman–Crippen MR) is 115 cm³/mol. The lowest BCUT2D eigenvalue weighted by atomic mass is 9.79. The molecular formula is C20H24N4O3S2. The highest BCUT2D eigenvalue weighted by atomic mass is 32.2. The number of hydrogen-bond acceptors (Lipinski definition) is 7. The maximum absolute atomic E-state index is 12.9. The number of aryl methyl sites for hydroxylation is 2. The van der Waals surface area contributed by atoms with Gasteiger partial charge in [-0.2, -0.15) is 5.10 Å². The summed E-state index contributed by atoms with van der Waals surface area (Å²) in [5.41, 5.74) is 8.31. The average Bonchev–Trinajstić information content (AvgIpc) is 3.33. The molecule has 1 amide bonds. The lowest BCUT2D eigenvalue weighted by Crippen LogP contribution is -2.30. The number of hydrogen-bond donors (Lipinski definition) is 2. The molecule has 2 heterocycles. The number of fused-ring (bicyclic) bond motifs is 1. The minimum absolute atomic E-state index is 0.0452. The van der Waals surface area contributed by atoms with E-state index in [0.29, 0.717) is 26.7 Å². The lowest BCUT2D eigenvalue weighted by Gasteiger charge is -2.28. The summed E-state index contributed by atoms with van der Waals surface area (Å²) in [4.78, 5) is 14.4. The largest absolute Gasteiger partial charge is 0.397 e. The van der Waals surface area contributed by atoms with E-state index in [4.69, 9.17) is 5.73 Å². The van der Waals surface area contributed by atoms with Crippen molar-refractivity contribution in [3.8, 4) is 0 Å². The maximum Gasteiger partial charge on any atom is 0.263 e. The molecule has 2 aliphatic carbocycles. The van der Waals surface area contributed by atoms with Gasteiger partial charge in [0.1, 0.15) is 9.71 Å². The van der Waals surface area contributed by atoms with E-state index in [9.17, 15) is 13.2 Å². The smallest absolute Gasteiger partial charge is 0.263 e. The van der Waals surface area contributed by atoms with Gasteiger partial charge in [0.25, 0.3) is 5.91 Å². The number of nitrogens with zero attached hydrogens (tertiary/aromatic N) is 2. The summed E-state index contributed by atoms with van der Waals surface area (Å²) in [7, 11) is -3.19. The molecule has 1 fully saturated rings. The molecule has 0 aromatic carbocycles. The van der Waals surface area contributed by atoms with E-state index in [1.54, 1.807) is 12.2 Å². The van der Waals surface area contributed by atoms with Crippen LogP contribution in [0, 0.1) is 25.2 Å². The summed E-state index contributed by atoms with van der Waals surface area (Å²) >= 11 is 1.26. The first-order valence-corrected chi connectivity index (χ1v) is 12.1. The summed E-state index contributed by atoms with van der Waals surface area (Å²) in [6.45, 7) is 5.91. The monoisotopic (exact) mass is 432 g/mol. The van der Waals surface area contributed by atoms with Crippen molar-refractivity contribution in [3.05, 3.63) is 39.3 Å². The molecule has 3 N–H and O–H groups in total. The molecule has 7 nitrogen and oxygen atoms in total. The topological polar surface area (TPSA) is 115 Å². The van der Waals surface area contributed by atoms with Crippen LogP contribution < -0.4 is 11.1 Å². The summed E-state index contributed by atoms with van der Waals surface area (Å²) in [5, 5.41) is 12.2. The summed E-state index contributed by atoms with van der Waals surface area (Å²) < 4.78 is 23.4. The third-order valence-corrected chi connectivity index (χ3v) is 8.34. The zero-order chi connectivity index (χ0) is 21.1. The molecule has 9 heteroatoms. The number of allylic oxidation sites excluding steroid dienone is 3. The Balaban J connectivity index is 1.49.